The van der Waals surface area contributed by atoms with Crippen LogP contribution in [0.1, 0.15) is 11.1 Å². The predicted octanol–water partition coefficient (Wildman–Crippen LogP) is 3.07. The molecule has 0 spiro atoms. The van der Waals surface area contributed by atoms with Crippen molar-refractivity contribution in [2.75, 3.05) is 0 Å². The summed E-state index contributed by atoms with van der Waals surface area (Å²) in [6.07, 6.45) is 0. The highest BCUT2D eigenvalue weighted by Gasteiger charge is 2.16. The van der Waals surface area contributed by atoms with E-state index < -0.39 is 10.1 Å². The summed E-state index contributed by atoms with van der Waals surface area (Å²) in [6.45, 7) is 3.78. The third-order valence-corrected chi connectivity index (χ3v) is 3.77. The van der Waals surface area contributed by atoms with Crippen LogP contribution in [0, 0.1) is 13.8 Å². The smallest absolute Gasteiger partial charge is 0.339 e. The number of hydrogen-bond donors (Lipinski definition) is 0. The largest absolute Gasteiger partial charge is 0.379 e. The second-order valence-corrected chi connectivity index (χ2v) is 5.71. The highest BCUT2D eigenvalue weighted by atomic mass is 32.2. The maximum Gasteiger partial charge on any atom is 0.339 e. The van der Waals surface area contributed by atoms with Crippen LogP contribution in [0.3, 0.4) is 0 Å². The van der Waals surface area contributed by atoms with Gasteiger partial charge in [-0.15, -0.1) is 0 Å². The minimum absolute atomic E-state index is 0.162. The Balaban J connectivity index is 2.30. The van der Waals surface area contributed by atoms with Gasteiger partial charge in [0.15, 0.2) is 0 Å². The van der Waals surface area contributed by atoms with Gasteiger partial charge in [-0.3, -0.25) is 0 Å². The second kappa shape index (κ2) is 4.82. The molecule has 0 saturated heterocycles. The van der Waals surface area contributed by atoms with Crippen molar-refractivity contribution in [2.24, 2.45) is 0 Å². The summed E-state index contributed by atoms with van der Waals surface area (Å²) in [7, 11) is -3.75. The normalized spacial score (nSPS) is 11.2. The molecule has 94 valence electrons. The van der Waals surface area contributed by atoms with Crippen molar-refractivity contribution in [3.8, 4) is 5.75 Å². The predicted molar refractivity (Wildman–Crippen MR) is 70.2 cm³/mol. The summed E-state index contributed by atoms with van der Waals surface area (Å²) < 4.78 is 29.1. The Morgan fingerprint density at radius 2 is 1.56 bits per heavy atom. The molecule has 0 saturated carbocycles. The number of rotatable bonds is 3. The average Bonchev–Trinajstić information content (AvgIpc) is 2.29. The highest BCUT2D eigenvalue weighted by molar-refractivity contribution is 7.87. The van der Waals surface area contributed by atoms with E-state index in [2.05, 4.69) is 0 Å². The molecule has 0 atom stereocenters. The third kappa shape index (κ3) is 2.90. The lowest BCUT2D eigenvalue weighted by Crippen LogP contribution is -2.09. The molecule has 0 aliphatic rings. The molecule has 0 aromatic heterocycles. The summed E-state index contributed by atoms with van der Waals surface area (Å²) in [5, 5.41) is 0. The molecule has 0 unspecified atom stereocenters. The van der Waals surface area contributed by atoms with Crippen molar-refractivity contribution in [3.05, 3.63) is 59.7 Å². The zero-order valence-electron chi connectivity index (χ0n) is 10.3. The molecule has 0 heterocycles. The van der Waals surface area contributed by atoms with Gasteiger partial charge in [-0.1, -0.05) is 29.8 Å². The van der Waals surface area contributed by atoms with Gasteiger partial charge >= 0.3 is 10.1 Å². The third-order valence-electron chi connectivity index (χ3n) is 2.51. The maximum atomic E-state index is 12.0. The van der Waals surface area contributed by atoms with Gasteiger partial charge in [0.25, 0.3) is 0 Å². The fraction of sp³-hybridized carbons (Fsp3) is 0.143. The molecule has 18 heavy (non-hydrogen) atoms. The summed E-state index contributed by atoms with van der Waals surface area (Å²) in [4.78, 5) is 0.162. The van der Waals surface area contributed by atoms with Gasteiger partial charge in [-0.25, -0.2) is 0 Å². The van der Waals surface area contributed by atoms with E-state index in [0.717, 1.165) is 11.1 Å². The lowest BCUT2D eigenvalue weighted by molar-refractivity contribution is 0.486. The molecule has 0 aliphatic heterocycles. The van der Waals surface area contributed by atoms with Crippen molar-refractivity contribution < 1.29 is 12.6 Å². The van der Waals surface area contributed by atoms with Gasteiger partial charge in [-0.05, 0) is 43.7 Å². The van der Waals surface area contributed by atoms with E-state index in [1.165, 1.54) is 0 Å². The Kier molecular flexibility index (Phi) is 3.39. The molecule has 2 rings (SSSR count). The zero-order valence-corrected chi connectivity index (χ0v) is 11.1. The molecule has 0 amide bonds. The van der Waals surface area contributed by atoms with Crippen LogP contribution >= 0.6 is 0 Å². The van der Waals surface area contributed by atoms with Crippen molar-refractivity contribution in [1.29, 1.82) is 0 Å². The number of benzene rings is 2. The van der Waals surface area contributed by atoms with Gasteiger partial charge in [0.1, 0.15) is 10.6 Å². The molecule has 0 N–H and O–H groups in total. The Morgan fingerprint density at radius 1 is 0.889 bits per heavy atom. The molecule has 0 radical (unpaired) electrons. The Hall–Kier alpha value is -1.81. The van der Waals surface area contributed by atoms with Crippen molar-refractivity contribution in [2.45, 2.75) is 18.7 Å². The molecule has 2 aromatic rings. The van der Waals surface area contributed by atoms with Crippen LogP contribution in [-0.2, 0) is 10.1 Å². The quantitative estimate of drug-likeness (QED) is 0.798. The first-order valence-corrected chi connectivity index (χ1v) is 6.96. The van der Waals surface area contributed by atoms with Gasteiger partial charge < -0.3 is 4.18 Å². The van der Waals surface area contributed by atoms with E-state index >= 15 is 0 Å². The lowest BCUT2D eigenvalue weighted by Gasteiger charge is -2.07. The van der Waals surface area contributed by atoms with Crippen LogP contribution in [0.4, 0.5) is 0 Å². The van der Waals surface area contributed by atoms with Crippen molar-refractivity contribution in [1.82, 2.24) is 0 Å². The van der Waals surface area contributed by atoms with Crippen LogP contribution in [0.25, 0.3) is 0 Å². The zero-order chi connectivity index (χ0) is 13.2. The number of hydrogen-bond acceptors (Lipinski definition) is 3. The Labute approximate surface area is 107 Å². The van der Waals surface area contributed by atoms with E-state index in [1.54, 1.807) is 42.5 Å². The summed E-state index contributed by atoms with van der Waals surface area (Å²) >= 11 is 0. The standard InChI is InChI=1S/C14H14O3S/c1-11-6-8-14(9-7-11)18(15,16)17-13-5-3-4-12(2)10-13/h3-10H,1-2H3. The minimum Gasteiger partial charge on any atom is -0.379 e. The fourth-order valence-electron chi connectivity index (χ4n) is 1.55. The van der Waals surface area contributed by atoms with Crippen molar-refractivity contribution in [3.63, 3.8) is 0 Å². The molecule has 0 bridgehead atoms. The van der Waals surface area contributed by atoms with Crippen LogP contribution in [0.15, 0.2) is 53.4 Å². The average molecular weight is 262 g/mol. The summed E-state index contributed by atoms with van der Waals surface area (Å²) in [5.41, 5.74) is 1.95. The van der Waals surface area contributed by atoms with Gasteiger partial charge in [-0.2, -0.15) is 8.42 Å². The monoisotopic (exact) mass is 262 g/mol. The fourth-order valence-corrected chi connectivity index (χ4v) is 2.47. The first-order valence-electron chi connectivity index (χ1n) is 5.55. The van der Waals surface area contributed by atoms with E-state index in [4.69, 9.17) is 4.18 Å². The first kappa shape index (κ1) is 12.6. The van der Waals surface area contributed by atoms with Gasteiger partial charge in [0.2, 0.25) is 0 Å². The molecule has 2 aromatic carbocycles. The van der Waals surface area contributed by atoms with Crippen LogP contribution < -0.4 is 4.18 Å². The SMILES string of the molecule is Cc1ccc(S(=O)(=O)Oc2cccc(C)c2)cc1. The molecule has 0 aliphatic carbocycles. The minimum atomic E-state index is -3.75. The Morgan fingerprint density at radius 3 is 2.17 bits per heavy atom. The van der Waals surface area contributed by atoms with E-state index in [-0.39, 0.29) is 4.90 Å². The summed E-state index contributed by atoms with van der Waals surface area (Å²) in [5.74, 6) is 0.329. The molecule has 0 fully saturated rings. The lowest BCUT2D eigenvalue weighted by atomic mass is 10.2. The van der Waals surface area contributed by atoms with Crippen LogP contribution in [0.2, 0.25) is 0 Å². The van der Waals surface area contributed by atoms with E-state index in [9.17, 15) is 8.42 Å². The van der Waals surface area contributed by atoms with E-state index in [0.29, 0.717) is 5.75 Å². The molecule has 4 heteroatoms. The van der Waals surface area contributed by atoms with Gasteiger partial charge in [0.05, 0.1) is 0 Å². The van der Waals surface area contributed by atoms with Crippen LogP contribution in [0.5, 0.6) is 5.75 Å². The highest BCUT2D eigenvalue weighted by Crippen LogP contribution is 2.19. The topological polar surface area (TPSA) is 43.4 Å². The maximum absolute atomic E-state index is 12.0. The summed E-state index contributed by atoms with van der Waals surface area (Å²) in [6, 6.07) is 13.5. The molecular weight excluding hydrogens is 248 g/mol. The van der Waals surface area contributed by atoms with E-state index in [1.807, 2.05) is 19.9 Å². The van der Waals surface area contributed by atoms with Crippen LogP contribution in [-0.4, -0.2) is 8.42 Å². The molecular formula is C14H14O3S. The first-order chi connectivity index (χ1) is 8.47. The van der Waals surface area contributed by atoms with Crippen molar-refractivity contribution >= 4 is 10.1 Å². The Bertz CT molecular complexity index is 643. The number of aryl methyl sites for hydroxylation is 2. The molecule has 3 nitrogen and oxygen atoms in total. The second-order valence-electron chi connectivity index (χ2n) is 4.17. The van der Waals surface area contributed by atoms with Gasteiger partial charge in [0, 0.05) is 0 Å².